The van der Waals surface area contributed by atoms with Crippen LogP contribution >= 0.6 is 0 Å². The minimum atomic E-state index is -0.134. The molecule has 1 aliphatic rings. The Morgan fingerprint density at radius 3 is 2.62 bits per heavy atom. The molecule has 1 fully saturated rings. The zero-order valence-corrected chi connectivity index (χ0v) is 12.6. The van der Waals surface area contributed by atoms with E-state index in [4.69, 9.17) is 0 Å². The summed E-state index contributed by atoms with van der Waals surface area (Å²) in [5, 5.41) is 3.55. The van der Waals surface area contributed by atoms with E-state index in [-0.39, 0.29) is 11.9 Å². The van der Waals surface area contributed by atoms with Crippen LogP contribution in [0.5, 0.6) is 0 Å². The van der Waals surface area contributed by atoms with Crippen molar-refractivity contribution in [3.63, 3.8) is 0 Å². The maximum absolute atomic E-state index is 13.7. The van der Waals surface area contributed by atoms with Gasteiger partial charge in [-0.05, 0) is 60.5 Å². The van der Waals surface area contributed by atoms with E-state index in [9.17, 15) is 4.39 Å². The van der Waals surface area contributed by atoms with E-state index >= 15 is 0 Å². The van der Waals surface area contributed by atoms with Crippen molar-refractivity contribution in [2.45, 2.75) is 32.2 Å². The number of halogens is 1. The third-order valence-electron chi connectivity index (χ3n) is 4.34. The molecule has 0 spiro atoms. The molecule has 1 N–H and O–H groups in total. The zero-order chi connectivity index (χ0) is 14.8. The smallest absolute Gasteiger partial charge is 0.123 e. The van der Waals surface area contributed by atoms with Crippen molar-refractivity contribution in [3.05, 3.63) is 71.0 Å². The maximum atomic E-state index is 13.7. The topological polar surface area (TPSA) is 12.0 Å². The van der Waals surface area contributed by atoms with Crippen LogP contribution in [-0.4, -0.2) is 6.54 Å². The second-order valence-electron chi connectivity index (χ2n) is 6.01. The fourth-order valence-electron chi connectivity index (χ4n) is 3.35. The van der Waals surface area contributed by atoms with E-state index in [1.165, 1.54) is 12.0 Å². The summed E-state index contributed by atoms with van der Waals surface area (Å²) in [7, 11) is 0. The van der Waals surface area contributed by atoms with Gasteiger partial charge in [0.2, 0.25) is 0 Å². The molecule has 3 rings (SSSR count). The van der Waals surface area contributed by atoms with E-state index in [0.29, 0.717) is 11.8 Å². The summed E-state index contributed by atoms with van der Waals surface area (Å²) in [4.78, 5) is 0. The summed E-state index contributed by atoms with van der Waals surface area (Å²) >= 11 is 0. The van der Waals surface area contributed by atoms with E-state index < -0.39 is 0 Å². The van der Waals surface area contributed by atoms with Gasteiger partial charge < -0.3 is 5.32 Å². The standard InChI is InChI=1S/C19H22FN/c1-3-21-19(15-9-13(2)10-16(20)11-15)18-12-17(18)14-7-5-4-6-8-14/h4-11,17-19,21H,3,12H2,1-2H3. The van der Waals surface area contributed by atoms with Gasteiger partial charge in [0.1, 0.15) is 5.82 Å². The number of aryl methyl sites for hydroxylation is 1. The minimum Gasteiger partial charge on any atom is -0.310 e. The molecule has 0 aliphatic heterocycles. The molecule has 0 amide bonds. The Hall–Kier alpha value is -1.67. The van der Waals surface area contributed by atoms with E-state index in [1.54, 1.807) is 12.1 Å². The molecule has 1 saturated carbocycles. The van der Waals surface area contributed by atoms with Gasteiger partial charge in [-0.3, -0.25) is 0 Å². The highest BCUT2D eigenvalue weighted by molar-refractivity contribution is 5.32. The second kappa shape index (κ2) is 5.98. The lowest BCUT2D eigenvalue weighted by atomic mass is 9.97. The predicted molar refractivity (Wildman–Crippen MR) is 84.8 cm³/mol. The van der Waals surface area contributed by atoms with Crippen LogP contribution in [0.15, 0.2) is 48.5 Å². The molecule has 21 heavy (non-hydrogen) atoms. The van der Waals surface area contributed by atoms with E-state index in [0.717, 1.165) is 17.7 Å². The first-order valence-electron chi connectivity index (χ1n) is 7.74. The predicted octanol–water partition coefficient (Wildman–Crippen LogP) is 4.59. The van der Waals surface area contributed by atoms with Crippen LogP contribution in [0.25, 0.3) is 0 Å². The molecule has 1 aliphatic carbocycles. The molecule has 0 radical (unpaired) electrons. The van der Waals surface area contributed by atoms with Crippen molar-refractivity contribution in [2.75, 3.05) is 6.54 Å². The van der Waals surface area contributed by atoms with Gasteiger partial charge in [-0.1, -0.05) is 43.3 Å². The van der Waals surface area contributed by atoms with Crippen molar-refractivity contribution in [3.8, 4) is 0 Å². The average Bonchev–Trinajstić information content (AvgIpc) is 3.25. The van der Waals surface area contributed by atoms with Crippen molar-refractivity contribution in [2.24, 2.45) is 5.92 Å². The quantitative estimate of drug-likeness (QED) is 0.846. The Kier molecular flexibility index (Phi) is 4.07. The monoisotopic (exact) mass is 283 g/mol. The third-order valence-corrected chi connectivity index (χ3v) is 4.34. The molecule has 2 aromatic rings. The Morgan fingerprint density at radius 2 is 1.95 bits per heavy atom. The first-order chi connectivity index (χ1) is 10.2. The highest BCUT2D eigenvalue weighted by atomic mass is 19.1. The fraction of sp³-hybridized carbons (Fsp3) is 0.368. The van der Waals surface area contributed by atoms with Gasteiger partial charge in [0.15, 0.2) is 0 Å². The Labute approximate surface area is 126 Å². The maximum Gasteiger partial charge on any atom is 0.123 e. The Balaban J connectivity index is 1.83. The summed E-state index contributed by atoms with van der Waals surface area (Å²) in [6.45, 7) is 4.97. The van der Waals surface area contributed by atoms with Gasteiger partial charge in [0.25, 0.3) is 0 Å². The van der Waals surface area contributed by atoms with E-state index in [1.807, 2.05) is 6.92 Å². The van der Waals surface area contributed by atoms with Crippen molar-refractivity contribution < 1.29 is 4.39 Å². The van der Waals surface area contributed by atoms with Crippen LogP contribution in [-0.2, 0) is 0 Å². The lowest BCUT2D eigenvalue weighted by Gasteiger charge is -2.19. The molecule has 0 bridgehead atoms. The number of rotatable bonds is 5. The number of hydrogen-bond acceptors (Lipinski definition) is 1. The SMILES string of the molecule is CCNC(c1cc(C)cc(F)c1)C1CC1c1ccccc1. The van der Waals surface area contributed by atoms with Gasteiger partial charge in [-0.15, -0.1) is 0 Å². The molecule has 3 unspecified atom stereocenters. The van der Waals surface area contributed by atoms with Crippen LogP contribution in [0.1, 0.15) is 42.0 Å². The Bertz CT molecular complexity index is 588. The van der Waals surface area contributed by atoms with Crippen LogP contribution < -0.4 is 5.32 Å². The van der Waals surface area contributed by atoms with E-state index in [2.05, 4.69) is 48.6 Å². The zero-order valence-electron chi connectivity index (χ0n) is 12.6. The summed E-state index contributed by atoms with van der Waals surface area (Å²) in [5.74, 6) is 1.03. The molecule has 3 atom stereocenters. The average molecular weight is 283 g/mol. The minimum absolute atomic E-state index is 0.134. The van der Waals surface area contributed by atoms with Crippen LogP contribution in [0, 0.1) is 18.7 Å². The first kappa shape index (κ1) is 14.3. The summed E-state index contributed by atoms with van der Waals surface area (Å²) in [6.07, 6.45) is 1.18. The van der Waals surface area contributed by atoms with Gasteiger partial charge >= 0.3 is 0 Å². The van der Waals surface area contributed by atoms with Crippen LogP contribution in [0.4, 0.5) is 4.39 Å². The lowest BCUT2D eigenvalue weighted by Crippen LogP contribution is -2.23. The van der Waals surface area contributed by atoms with Gasteiger partial charge in [-0.25, -0.2) is 4.39 Å². The van der Waals surface area contributed by atoms with Crippen LogP contribution in [0.2, 0.25) is 0 Å². The highest BCUT2D eigenvalue weighted by Gasteiger charge is 2.44. The molecule has 2 heteroatoms. The normalized spacial score (nSPS) is 22.0. The number of benzene rings is 2. The largest absolute Gasteiger partial charge is 0.310 e. The molecule has 1 nitrogen and oxygen atoms in total. The first-order valence-corrected chi connectivity index (χ1v) is 7.74. The molecule has 0 heterocycles. The molecule has 2 aromatic carbocycles. The molecule has 110 valence electrons. The van der Waals surface area contributed by atoms with Gasteiger partial charge in [-0.2, -0.15) is 0 Å². The molecule has 0 aromatic heterocycles. The summed E-state index contributed by atoms with van der Waals surface area (Å²) in [6, 6.07) is 16.3. The lowest BCUT2D eigenvalue weighted by molar-refractivity contribution is 0.483. The summed E-state index contributed by atoms with van der Waals surface area (Å²) < 4.78 is 13.7. The summed E-state index contributed by atoms with van der Waals surface area (Å²) in [5.41, 5.74) is 3.47. The van der Waals surface area contributed by atoms with Crippen molar-refractivity contribution in [1.29, 1.82) is 0 Å². The van der Waals surface area contributed by atoms with Gasteiger partial charge in [0.05, 0.1) is 0 Å². The number of hydrogen-bond donors (Lipinski definition) is 1. The molecular formula is C19H22FN. The Morgan fingerprint density at radius 1 is 1.19 bits per heavy atom. The third kappa shape index (κ3) is 3.16. The second-order valence-corrected chi connectivity index (χ2v) is 6.01. The van der Waals surface area contributed by atoms with Crippen LogP contribution in [0.3, 0.4) is 0 Å². The number of nitrogens with one attached hydrogen (secondary N) is 1. The molecular weight excluding hydrogens is 261 g/mol. The fourth-order valence-corrected chi connectivity index (χ4v) is 3.35. The van der Waals surface area contributed by atoms with Gasteiger partial charge in [0, 0.05) is 6.04 Å². The molecule has 0 saturated heterocycles. The highest BCUT2D eigenvalue weighted by Crippen LogP contribution is 2.54. The van der Waals surface area contributed by atoms with Crippen molar-refractivity contribution in [1.82, 2.24) is 5.32 Å². The van der Waals surface area contributed by atoms with Crippen molar-refractivity contribution >= 4 is 0 Å².